The molecule has 12 heavy (non-hydrogen) atoms. The minimum absolute atomic E-state index is 0.299. The van der Waals surface area contributed by atoms with Crippen LogP contribution in [0.3, 0.4) is 0 Å². The Hall–Kier alpha value is -1.84. The van der Waals surface area contributed by atoms with E-state index in [1.54, 1.807) is 12.1 Å². The van der Waals surface area contributed by atoms with Crippen LogP contribution in [-0.4, -0.2) is 12.8 Å². The molecule has 0 saturated carbocycles. The van der Waals surface area contributed by atoms with Gasteiger partial charge in [-0.3, -0.25) is 9.59 Å². The van der Waals surface area contributed by atoms with E-state index in [-0.39, 0.29) is 0 Å². The topological polar surface area (TPSA) is 58.2 Å². The molecule has 0 aliphatic rings. The summed E-state index contributed by atoms with van der Waals surface area (Å²) in [5.74, 6) is 0. The van der Waals surface area contributed by atoms with Gasteiger partial charge >= 0.3 is 0 Å². The largest absolute Gasteiger partial charge is 0.327 e. The minimum Gasteiger partial charge on any atom is -0.327 e. The first kappa shape index (κ1) is 5.77. The van der Waals surface area contributed by atoms with Gasteiger partial charge < -0.3 is 10.6 Å². The molecule has 0 unspecified atom stereocenters. The third kappa shape index (κ3) is 1.82. The maximum Gasteiger partial charge on any atom is 0.211 e. The van der Waals surface area contributed by atoms with E-state index in [0.29, 0.717) is 11.4 Å². The Kier molecular flexibility index (Phi) is 1.98. The van der Waals surface area contributed by atoms with Crippen molar-refractivity contribution >= 4 is 24.1 Å². The molecule has 0 aliphatic carbocycles. The van der Waals surface area contributed by atoms with Gasteiger partial charge in [0.15, 0.2) is 0 Å². The third-order valence-corrected chi connectivity index (χ3v) is 1.30. The van der Waals surface area contributed by atoms with Crippen molar-refractivity contribution in [2.45, 2.75) is 0 Å². The van der Waals surface area contributed by atoms with Crippen LogP contribution in [0.25, 0.3) is 0 Å². The molecule has 1 rings (SSSR count). The number of carbonyl (C=O) groups is 2. The molecule has 0 bridgehead atoms. The lowest BCUT2D eigenvalue weighted by molar-refractivity contribution is -0.106. The molecule has 1 aromatic carbocycles. The fourth-order valence-electron chi connectivity index (χ4n) is 0.811. The second kappa shape index (κ2) is 4.12. The van der Waals surface area contributed by atoms with E-state index in [1.165, 1.54) is 12.1 Å². The smallest absolute Gasteiger partial charge is 0.211 e. The van der Waals surface area contributed by atoms with Crippen LogP contribution in [-0.2, 0) is 9.59 Å². The van der Waals surface area contributed by atoms with Crippen molar-refractivity contribution in [3.63, 3.8) is 0 Å². The van der Waals surface area contributed by atoms with E-state index < -0.39 is 12.8 Å². The average molecular weight is 166 g/mol. The van der Waals surface area contributed by atoms with Gasteiger partial charge in [0.1, 0.15) is 2.74 Å². The molecular formula is C8H8N2O2. The lowest BCUT2D eigenvalue weighted by Gasteiger charge is -2.04. The molecule has 0 atom stereocenters. The molecule has 2 amide bonds. The number of rotatable bonds is 2. The van der Waals surface area contributed by atoms with Gasteiger partial charge in [-0.15, -0.1) is 0 Å². The van der Waals surface area contributed by atoms with Crippen LogP contribution in [0.5, 0.6) is 0 Å². The molecule has 0 saturated heterocycles. The molecule has 0 fully saturated rings. The third-order valence-electron chi connectivity index (χ3n) is 1.30. The highest BCUT2D eigenvalue weighted by atomic mass is 16.1. The van der Waals surface area contributed by atoms with E-state index in [1.807, 2.05) is 0 Å². The van der Waals surface area contributed by atoms with Crippen molar-refractivity contribution in [2.75, 3.05) is 10.6 Å². The second-order valence-electron chi connectivity index (χ2n) is 2.00. The van der Waals surface area contributed by atoms with Gasteiger partial charge in [-0.05, 0) is 12.1 Å². The Balaban J connectivity index is 2.90. The standard InChI is InChI=1S/C8H8N2O2/c11-5-9-7-3-1-2-4-8(7)10-6-12/h1-6H,(H,9,11)(H,10,12)/i5D,6D. The first-order chi connectivity index (χ1) is 6.59. The van der Waals surface area contributed by atoms with Crippen LogP contribution < -0.4 is 10.6 Å². The quantitative estimate of drug-likeness (QED) is 0.639. The second-order valence-corrected chi connectivity index (χ2v) is 2.00. The van der Waals surface area contributed by atoms with Gasteiger partial charge in [-0.25, -0.2) is 0 Å². The summed E-state index contributed by atoms with van der Waals surface area (Å²) in [7, 11) is 0. The summed E-state index contributed by atoms with van der Waals surface area (Å²) in [6, 6.07) is 6.34. The number of para-hydroxylation sites is 2. The predicted octanol–water partition coefficient (Wildman–Crippen LogP) is 0.823. The van der Waals surface area contributed by atoms with E-state index in [4.69, 9.17) is 2.74 Å². The van der Waals surface area contributed by atoms with Crippen molar-refractivity contribution in [1.82, 2.24) is 0 Å². The zero-order valence-electron chi connectivity index (χ0n) is 8.13. The molecule has 62 valence electrons. The molecule has 1 aromatic rings. The van der Waals surface area contributed by atoms with Gasteiger partial charge in [0.2, 0.25) is 12.8 Å². The van der Waals surface area contributed by atoms with Gasteiger partial charge in [0.05, 0.1) is 11.4 Å². The number of carbonyl (C=O) groups excluding carboxylic acids is 2. The summed E-state index contributed by atoms with van der Waals surface area (Å²) >= 11 is 0. The first-order valence-corrected chi connectivity index (χ1v) is 3.24. The van der Waals surface area contributed by atoms with Crippen molar-refractivity contribution in [3.05, 3.63) is 24.3 Å². The van der Waals surface area contributed by atoms with Crippen LogP contribution in [0.4, 0.5) is 11.4 Å². The Morgan fingerprint density at radius 2 is 1.50 bits per heavy atom. The van der Waals surface area contributed by atoms with E-state index in [2.05, 4.69) is 10.6 Å². The number of benzene rings is 1. The molecule has 0 aromatic heterocycles. The SMILES string of the molecule is [2H]C(=O)Nc1ccccc1NC([2H])=O. The number of amides is 2. The Bertz CT molecular complexity index is 333. The predicted molar refractivity (Wildman–Crippen MR) is 45.8 cm³/mol. The van der Waals surface area contributed by atoms with Crippen molar-refractivity contribution in [1.29, 1.82) is 0 Å². The number of nitrogens with one attached hydrogen (secondary N) is 2. The summed E-state index contributed by atoms with van der Waals surface area (Å²) in [5.41, 5.74) is 0.598. The number of hydrogen-bond acceptors (Lipinski definition) is 2. The van der Waals surface area contributed by atoms with E-state index in [0.717, 1.165) is 0 Å². The number of anilines is 2. The molecule has 4 heteroatoms. The maximum atomic E-state index is 10.4. The highest BCUT2D eigenvalue weighted by Crippen LogP contribution is 2.18. The van der Waals surface area contributed by atoms with E-state index in [9.17, 15) is 9.59 Å². The lowest BCUT2D eigenvalue weighted by Crippen LogP contribution is -2.00. The first-order valence-electron chi connectivity index (χ1n) is 4.24. The zero-order chi connectivity index (χ0) is 10.6. The highest BCUT2D eigenvalue weighted by molar-refractivity contribution is 5.86. The molecule has 0 aliphatic heterocycles. The Morgan fingerprint density at radius 1 is 1.08 bits per heavy atom. The van der Waals surface area contributed by atoms with Crippen molar-refractivity contribution < 1.29 is 12.3 Å². The van der Waals surface area contributed by atoms with Crippen LogP contribution in [0.15, 0.2) is 24.3 Å². The Labute approximate surface area is 72.4 Å². The molecule has 0 radical (unpaired) electrons. The fraction of sp³-hybridized carbons (Fsp3) is 0. The lowest BCUT2D eigenvalue weighted by atomic mass is 10.2. The Morgan fingerprint density at radius 3 is 1.83 bits per heavy atom. The van der Waals surface area contributed by atoms with Gasteiger partial charge in [-0.2, -0.15) is 0 Å². The summed E-state index contributed by atoms with van der Waals surface area (Å²) in [6.07, 6.45) is -1.95. The monoisotopic (exact) mass is 166 g/mol. The number of hydrogen-bond donors (Lipinski definition) is 2. The summed E-state index contributed by atoms with van der Waals surface area (Å²) < 4.78 is 13.4. The highest BCUT2D eigenvalue weighted by Gasteiger charge is 1.96. The molecule has 0 spiro atoms. The normalized spacial score (nSPS) is 11.0. The molecule has 2 N–H and O–H groups in total. The van der Waals surface area contributed by atoms with Crippen LogP contribution in [0.1, 0.15) is 2.74 Å². The van der Waals surface area contributed by atoms with Gasteiger partial charge in [0, 0.05) is 0 Å². The molecular weight excluding hydrogens is 156 g/mol. The van der Waals surface area contributed by atoms with Crippen molar-refractivity contribution in [2.24, 2.45) is 0 Å². The van der Waals surface area contributed by atoms with Crippen molar-refractivity contribution in [3.8, 4) is 0 Å². The zero-order valence-corrected chi connectivity index (χ0v) is 6.13. The summed E-state index contributed by atoms with van der Waals surface area (Å²) in [4.78, 5) is 20.9. The van der Waals surface area contributed by atoms with Crippen LogP contribution >= 0.6 is 0 Å². The van der Waals surface area contributed by atoms with Crippen LogP contribution in [0, 0.1) is 0 Å². The molecule has 0 heterocycles. The average Bonchev–Trinajstić information content (AvgIpc) is 2.06. The van der Waals surface area contributed by atoms with Crippen LogP contribution in [0.2, 0.25) is 0 Å². The maximum absolute atomic E-state index is 10.4. The van der Waals surface area contributed by atoms with E-state index >= 15 is 0 Å². The van der Waals surface area contributed by atoms with Gasteiger partial charge in [0.25, 0.3) is 0 Å². The summed E-state index contributed by atoms with van der Waals surface area (Å²) in [6.45, 7) is 0. The molecule has 4 nitrogen and oxygen atoms in total. The summed E-state index contributed by atoms with van der Waals surface area (Å²) in [5, 5.41) is 4.42. The minimum atomic E-state index is -0.975. The van der Waals surface area contributed by atoms with Gasteiger partial charge in [-0.1, -0.05) is 12.1 Å². The fourth-order valence-corrected chi connectivity index (χ4v) is 0.811.